The number of nitrogens with one attached hydrogen (secondary N) is 2. The van der Waals surface area contributed by atoms with Crippen molar-refractivity contribution in [3.63, 3.8) is 0 Å². The minimum Gasteiger partial charge on any atom is -0.326 e. The average Bonchev–Trinajstić information content (AvgIpc) is 3.18. The fourth-order valence-corrected chi connectivity index (χ4v) is 5.65. The molecule has 0 spiro atoms. The highest BCUT2D eigenvalue weighted by Gasteiger charge is 2.25. The minimum atomic E-state index is -3.59. The van der Waals surface area contributed by atoms with E-state index in [1.165, 1.54) is 18.7 Å². The summed E-state index contributed by atoms with van der Waals surface area (Å²) in [5.74, 6) is -0.319. The zero-order chi connectivity index (χ0) is 25.6. The molecule has 0 saturated carbocycles. The Labute approximate surface area is 209 Å². The lowest BCUT2D eigenvalue weighted by Crippen LogP contribution is -2.25. The molecule has 2 amide bonds. The van der Waals surface area contributed by atoms with Gasteiger partial charge >= 0.3 is 0 Å². The second-order valence-corrected chi connectivity index (χ2v) is 11.1. The van der Waals surface area contributed by atoms with E-state index in [0.29, 0.717) is 35.3 Å². The van der Waals surface area contributed by atoms with Gasteiger partial charge in [0.1, 0.15) is 11.6 Å². The maximum Gasteiger partial charge on any atom is 0.237 e. The lowest BCUT2D eigenvalue weighted by atomic mass is 10.2. The number of nitrogens with zero attached hydrogens (tertiary/aromatic N) is 3. The first kappa shape index (κ1) is 26.4. The molecular weight excluding hydrogens is 486 g/mol. The van der Waals surface area contributed by atoms with E-state index in [0.717, 1.165) is 5.56 Å². The van der Waals surface area contributed by atoms with Gasteiger partial charge in [-0.1, -0.05) is 36.4 Å². The van der Waals surface area contributed by atoms with E-state index in [2.05, 4.69) is 20.8 Å². The molecule has 1 atom stereocenters. The van der Waals surface area contributed by atoms with Crippen LogP contribution >= 0.6 is 11.8 Å². The molecule has 11 heteroatoms. The summed E-state index contributed by atoms with van der Waals surface area (Å²) in [6.45, 7) is 7.57. The van der Waals surface area contributed by atoms with Crippen LogP contribution in [0, 0.1) is 6.92 Å². The first-order chi connectivity index (χ1) is 16.6. The molecule has 1 aromatic heterocycles. The number of carbonyl (C=O) groups is 2. The predicted molar refractivity (Wildman–Crippen MR) is 137 cm³/mol. The Hall–Kier alpha value is -3.18. The molecule has 0 aliphatic rings. The Morgan fingerprint density at radius 3 is 2.11 bits per heavy atom. The minimum absolute atomic E-state index is 0.171. The van der Waals surface area contributed by atoms with Gasteiger partial charge in [0, 0.05) is 24.8 Å². The van der Waals surface area contributed by atoms with Gasteiger partial charge in [0.25, 0.3) is 0 Å². The molecule has 0 aliphatic carbocycles. The maximum absolute atomic E-state index is 12.9. The van der Waals surface area contributed by atoms with E-state index in [4.69, 9.17) is 0 Å². The van der Waals surface area contributed by atoms with Gasteiger partial charge in [0.15, 0.2) is 15.0 Å². The fraction of sp³-hybridized carbons (Fsp3) is 0.333. The molecule has 3 aromatic rings. The quantitative estimate of drug-likeness (QED) is 0.391. The Balaban J connectivity index is 1.72. The molecule has 3 rings (SSSR count). The van der Waals surface area contributed by atoms with E-state index in [1.54, 1.807) is 53.1 Å². The second kappa shape index (κ2) is 11.5. The van der Waals surface area contributed by atoms with Crippen molar-refractivity contribution < 1.29 is 18.0 Å². The fourth-order valence-electron chi connectivity index (χ4n) is 3.34. The molecule has 186 valence electrons. The molecule has 0 saturated heterocycles. The number of rotatable bonds is 10. The Morgan fingerprint density at radius 2 is 1.57 bits per heavy atom. The largest absolute Gasteiger partial charge is 0.326 e. The Morgan fingerprint density at radius 1 is 0.971 bits per heavy atom. The van der Waals surface area contributed by atoms with Gasteiger partial charge in [-0.15, -0.1) is 10.2 Å². The molecule has 1 unspecified atom stereocenters. The molecule has 0 fully saturated rings. The van der Waals surface area contributed by atoms with Crippen molar-refractivity contribution in [2.45, 2.75) is 61.7 Å². The highest BCUT2D eigenvalue weighted by atomic mass is 32.2. The molecule has 2 aromatic carbocycles. The number of benzene rings is 2. The molecule has 0 bridgehead atoms. The Kier molecular flexibility index (Phi) is 8.68. The van der Waals surface area contributed by atoms with Gasteiger partial charge in [0.2, 0.25) is 11.8 Å². The van der Waals surface area contributed by atoms with Crippen LogP contribution in [0.3, 0.4) is 0 Å². The van der Waals surface area contributed by atoms with Crippen molar-refractivity contribution in [1.29, 1.82) is 0 Å². The zero-order valence-electron chi connectivity index (χ0n) is 20.1. The number of hydrogen-bond donors (Lipinski definition) is 2. The normalized spacial score (nSPS) is 12.2. The molecule has 1 heterocycles. The summed E-state index contributed by atoms with van der Waals surface area (Å²) >= 11 is 1.25. The number of anilines is 2. The van der Waals surface area contributed by atoms with E-state index in [1.807, 2.05) is 20.8 Å². The molecule has 35 heavy (non-hydrogen) atoms. The van der Waals surface area contributed by atoms with E-state index < -0.39 is 15.1 Å². The summed E-state index contributed by atoms with van der Waals surface area (Å²) < 4.78 is 27.5. The van der Waals surface area contributed by atoms with Crippen LogP contribution in [-0.2, 0) is 31.7 Å². The summed E-state index contributed by atoms with van der Waals surface area (Å²) in [4.78, 5) is 24.3. The van der Waals surface area contributed by atoms with Crippen molar-refractivity contribution in [2.75, 3.05) is 10.6 Å². The number of thioether (sulfide) groups is 1. The van der Waals surface area contributed by atoms with Crippen molar-refractivity contribution in [3.8, 4) is 0 Å². The van der Waals surface area contributed by atoms with Crippen LogP contribution in [0.25, 0.3) is 0 Å². The van der Waals surface area contributed by atoms with Gasteiger partial charge in [-0.05, 0) is 56.7 Å². The summed E-state index contributed by atoms with van der Waals surface area (Å²) in [7, 11) is -3.59. The number of sulfone groups is 1. The third kappa shape index (κ3) is 6.92. The molecular formula is C24H29N5O4S2. The number of aromatic nitrogens is 3. The van der Waals surface area contributed by atoms with Crippen LogP contribution in [0.2, 0.25) is 0 Å². The van der Waals surface area contributed by atoms with Crippen LogP contribution in [0.5, 0.6) is 0 Å². The number of hydrogen-bond acceptors (Lipinski definition) is 7. The van der Waals surface area contributed by atoms with Crippen molar-refractivity contribution in [3.05, 3.63) is 59.9 Å². The summed E-state index contributed by atoms with van der Waals surface area (Å²) in [6.07, 6.45) is 0.536. The van der Waals surface area contributed by atoms with Crippen LogP contribution in [-0.4, -0.2) is 40.2 Å². The molecule has 0 radical (unpaired) electrons. The lowest BCUT2D eigenvalue weighted by Gasteiger charge is -2.15. The maximum atomic E-state index is 12.9. The summed E-state index contributed by atoms with van der Waals surface area (Å²) in [5.41, 5.74) is 2.22. The molecule has 0 aliphatic heterocycles. The number of amides is 2. The van der Waals surface area contributed by atoms with Crippen LogP contribution < -0.4 is 10.6 Å². The van der Waals surface area contributed by atoms with E-state index in [-0.39, 0.29) is 22.5 Å². The average molecular weight is 516 g/mol. The monoisotopic (exact) mass is 515 g/mol. The van der Waals surface area contributed by atoms with Crippen molar-refractivity contribution in [2.24, 2.45) is 0 Å². The zero-order valence-corrected chi connectivity index (χ0v) is 21.7. The van der Waals surface area contributed by atoms with Gasteiger partial charge < -0.3 is 15.2 Å². The van der Waals surface area contributed by atoms with Crippen LogP contribution in [0.1, 0.15) is 38.6 Å². The smallest absolute Gasteiger partial charge is 0.237 e. The summed E-state index contributed by atoms with van der Waals surface area (Å²) in [5, 5.41) is 13.9. The highest BCUT2D eigenvalue weighted by molar-refractivity contribution is 8.00. The lowest BCUT2D eigenvalue weighted by molar-refractivity contribution is -0.116. The van der Waals surface area contributed by atoms with E-state index in [9.17, 15) is 18.0 Å². The standard InChI is InChI=1S/C24H29N5O4S2/c1-5-21(23(31)26-19-11-9-18(10-12-19)25-17(4)30)34-24-28-27-22(29(24)6-2)15-35(32,33)20-13-7-16(3)8-14-20/h7-14,21H,5-6,15H2,1-4H3,(H,25,30)(H,26,31). The molecule has 9 nitrogen and oxygen atoms in total. The van der Waals surface area contributed by atoms with Crippen LogP contribution in [0.4, 0.5) is 11.4 Å². The molecule has 2 N–H and O–H groups in total. The third-order valence-electron chi connectivity index (χ3n) is 5.19. The predicted octanol–water partition coefficient (Wildman–Crippen LogP) is 4.05. The summed E-state index contributed by atoms with van der Waals surface area (Å²) in [6, 6.07) is 13.5. The van der Waals surface area contributed by atoms with Gasteiger partial charge in [-0.25, -0.2) is 8.42 Å². The van der Waals surface area contributed by atoms with Crippen LogP contribution in [0.15, 0.2) is 58.6 Å². The second-order valence-electron chi connectivity index (χ2n) is 7.98. The third-order valence-corrected chi connectivity index (χ3v) is 8.17. The topological polar surface area (TPSA) is 123 Å². The van der Waals surface area contributed by atoms with Crippen molar-refractivity contribution >= 4 is 44.8 Å². The van der Waals surface area contributed by atoms with Crippen molar-refractivity contribution in [1.82, 2.24) is 14.8 Å². The SMILES string of the molecule is CCC(Sc1nnc(CS(=O)(=O)c2ccc(C)cc2)n1CC)C(=O)Nc1ccc(NC(C)=O)cc1. The van der Waals surface area contributed by atoms with Gasteiger partial charge in [-0.3, -0.25) is 9.59 Å². The number of aryl methyl sites for hydroxylation is 1. The highest BCUT2D eigenvalue weighted by Crippen LogP contribution is 2.27. The van der Waals surface area contributed by atoms with Gasteiger partial charge in [0.05, 0.1) is 10.1 Å². The van der Waals surface area contributed by atoms with Gasteiger partial charge in [-0.2, -0.15) is 0 Å². The first-order valence-corrected chi connectivity index (χ1v) is 13.7. The van der Waals surface area contributed by atoms with E-state index >= 15 is 0 Å². The number of carbonyl (C=O) groups excluding carboxylic acids is 2. The Bertz CT molecular complexity index is 1290. The first-order valence-electron chi connectivity index (χ1n) is 11.2.